The van der Waals surface area contributed by atoms with Crippen LogP contribution in [0.1, 0.15) is 17.3 Å². The first-order valence-corrected chi connectivity index (χ1v) is 6.34. The summed E-state index contributed by atoms with van der Waals surface area (Å²) >= 11 is 0. The molecule has 1 aliphatic rings. The third-order valence-corrected chi connectivity index (χ3v) is 2.58. The second-order valence-corrected chi connectivity index (χ2v) is 4.08. The Hall–Kier alpha value is -3.09. The molecule has 1 aromatic rings. The summed E-state index contributed by atoms with van der Waals surface area (Å²) in [5.41, 5.74) is 0.193. The van der Waals surface area contributed by atoms with Gasteiger partial charge in [0.15, 0.2) is 5.76 Å². The summed E-state index contributed by atoms with van der Waals surface area (Å²) in [5, 5.41) is 9.81. The molecule has 0 bridgehead atoms. The summed E-state index contributed by atoms with van der Waals surface area (Å²) in [7, 11) is 0. The number of aliphatic hydroxyl groups is 1. The fraction of sp³-hybridized carbons (Fsp3) is 0.133. The Labute approximate surface area is 125 Å². The van der Waals surface area contributed by atoms with Gasteiger partial charge in [0.2, 0.25) is 5.76 Å². The van der Waals surface area contributed by atoms with Gasteiger partial charge in [-0.05, 0) is 19.1 Å². The van der Waals surface area contributed by atoms with Crippen molar-refractivity contribution < 1.29 is 33.7 Å². The maximum atomic E-state index is 11.8. The zero-order valence-corrected chi connectivity index (χ0v) is 11.6. The minimum Gasteiger partial charge on any atom is -0.501 e. The van der Waals surface area contributed by atoms with Gasteiger partial charge in [-0.2, -0.15) is 0 Å². The first-order chi connectivity index (χ1) is 10.5. The van der Waals surface area contributed by atoms with Crippen molar-refractivity contribution in [2.24, 2.45) is 0 Å². The lowest BCUT2D eigenvalue weighted by atomic mass is 10.2. The van der Waals surface area contributed by atoms with Crippen LogP contribution in [0, 0.1) is 0 Å². The molecule has 114 valence electrons. The van der Waals surface area contributed by atoms with E-state index >= 15 is 0 Å². The van der Waals surface area contributed by atoms with Gasteiger partial charge in [-0.15, -0.1) is 0 Å². The number of carbonyl (C=O) groups excluding carboxylic acids is 3. The number of carbonyl (C=O) groups is 3. The molecule has 7 nitrogen and oxygen atoms in total. The molecule has 0 spiro atoms. The number of hydrogen-bond donors (Lipinski definition) is 1. The van der Waals surface area contributed by atoms with Gasteiger partial charge < -0.3 is 19.3 Å². The molecule has 0 unspecified atom stereocenters. The van der Waals surface area contributed by atoms with Crippen LogP contribution in [0.2, 0.25) is 0 Å². The predicted molar refractivity (Wildman–Crippen MR) is 72.3 cm³/mol. The minimum absolute atomic E-state index is 0.122. The van der Waals surface area contributed by atoms with Crippen LogP contribution in [0.3, 0.4) is 0 Å². The Bertz CT molecular complexity index is 670. The lowest BCUT2D eigenvalue weighted by Crippen LogP contribution is -2.10. The van der Waals surface area contributed by atoms with Gasteiger partial charge in [0, 0.05) is 0 Å². The van der Waals surface area contributed by atoms with E-state index in [0.717, 1.165) is 6.08 Å². The Balaban J connectivity index is 2.19. The SMILES string of the molecule is CCOC(=O)/C=C1\OC(=O)C(OC(=O)c2ccccc2)=C1O. The first kappa shape index (κ1) is 15.3. The molecular weight excluding hydrogens is 292 g/mol. The maximum Gasteiger partial charge on any atom is 0.384 e. The van der Waals surface area contributed by atoms with Gasteiger partial charge in [-0.25, -0.2) is 14.4 Å². The van der Waals surface area contributed by atoms with E-state index in [1.54, 1.807) is 25.1 Å². The van der Waals surface area contributed by atoms with E-state index < -0.39 is 35.2 Å². The number of esters is 3. The van der Waals surface area contributed by atoms with Crippen LogP contribution >= 0.6 is 0 Å². The molecule has 0 aliphatic carbocycles. The van der Waals surface area contributed by atoms with E-state index in [0.29, 0.717) is 0 Å². The molecule has 7 heteroatoms. The van der Waals surface area contributed by atoms with Crippen LogP contribution in [0.5, 0.6) is 0 Å². The van der Waals surface area contributed by atoms with Crippen molar-refractivity contribution in [2.45, 2.75) is 6.92 Å². The van der Waals surface area contributed by atoms with Crippen LogP contribution in [-0.4, -0.2) is 29.6 Å². The molecule has 0 atom stereocenters. The van der Waals surface area contributed by atoms with Crippen molar-refractivity contribution in [3.63, 3.8) is 0 Å². The van der Waals surface area contributed by atoms with Crippen molar-refractivity contribution in [1.82, 2.24) is 0 Å². The predicted octanol–water partition coefficient (Wildman–Crippen LogP) is 1.62. The summed E-state index contributed by atoms with van der Waals surface area (Å²) in [6.07, 6.45) is 0.792. The van der Waals surface area contributed by atoms with E-state index in [1.165, 1.54) is 12.1 Å². The number of rotatable bonds is 4. The van der Waals surface area contributed by atoms with Gasteiger partial charge >= 0.3 is 17.9 Å². The standard InChI is InChI=1S/C15H12O7/c1-2-20-11(16)8-10-12(17)13(15(19)21-10)22-14(18)9-6-4-3-5-7-9/h3-8,17H,2H2,1H3/b10-8-. The Morgan fingerprint density at radius 2 is 1.95 bits per heavy atom. The monoisotopic (exact) mass is 304 g/mol. The molecule has 0 fully saturated rings. The van der Waals surface area contributed by atoms with Crippen molar-refractivity contribution in [1.29, 1.82) is 0 Å². The highest BCUT2D eigenvalue weighted by atomic mass is 16.6. The number of ether oxygens (including phenoxy) is 3. The molecule has 22 heavy (non-hydrogen) atoms. The number of aliphatic hydroxyl groups excluding tert-OH is 1. The molecular formula is C15H12O7. The van der Waals surface area contributed by atoms with Crippen LogP contribution in [0.4, 0.5) is 0 Å². The smallest absolute Gasteiger partial charge is 0.384 e. The summed E-state index contributed by atoms with van der Waals surface area (Å²) in [6, 6.07) is 7.90. The molecule has 0 saturated heterocycles. The van der Waals surface area contributed by atoms with Crippen molar-refractivity contribution in [3.05, 3.63) is 59.2 Å². The van der Waals surface area contributed by atoms with E-state index in [1.807, 2.05) is 0 Å². The van der Waals surface area contributed by atoms with Crippen molar-refractivity contribution in [3.8, 4) is 0 Å². The third kappa shape index (κ3) is 3.32. The highest BCUT2D eigenvalue weighted by molar-refractivity contribution is 5.99. The van der Waals surface area contributed by atoms with Crippen LogP contribution in [0.25, 0.3) is 0 Å². The second kappa shape index (κ2) is 6.57. The molecule has 0 aromatic heterocycles. The number of benzene rings is 1. The van der Waals surface area contributed by atoms with E-state index in [-0.39, 0.29) is 12.2 Å². The van der Waals surface area contributed by atoms with E-state index in [2.05, 4.69) is 9.47 Å². The lowest BCUT2D eigenvalue weighted by Gasteiger charge is -2.02. The fourth-order valence-electron chi connectivity index (χ4n) is 1.61. The maximum absolute atomic E-state index is 11.8. The van der Waals surface area contributed by atoms with Gasteiger partial charge in [0.05, 0.1) is 18.2 Å². The lowest BCUT2D eigenvalue weighted by molar-refractivity contribution is -0.138. The molecule has 1 heterocycles. The zero-order valence-electron chi connectivity index (χ0n) is 11.6. The quantitative estimate of drug-likeness (QED) is 0.512. The second-order valence-electron chi connectivity index (χ2n) is 4.08. The molecule has 1 aliphatic heterocycles. The summed E-state index contributed by atoms with van der Waals surface area (Å²) < 4.78 is 14.1. The van der Waals surface area contributed by atoms with Crippen molar-refractivity contribution >= 4 is 17.9 Å². The van der Waals surface area contributed by atoms with Gasteiger partial charge in [-0.3, -0.25) is 0 Å². The van der Waals surface area contributed by atoms with Crippen LogP contribution in [-0.2, 0) is 23.8 Å². The normalized spacial score (nSPS) is 15.7. The van der Waals surface area contributed by atoms with Gasteiger partial charge in [0.1, 0.15) is 0 Å². The minimum atomic E-state index is -1.07. The number of cyclic esters (lactones) is 1. The molecule has 0 saturated carbocycles. The molecule has 1 aromatic carbocycles. The third-order valence-electron chi connectivity index (χ3n) is 2.58. The first-order valence-electron chi connectivity index (χ1n) is 6.34. The average molecular weight is 304 g/mol. The zero-order chi connectivity index (χ0) is 16.1. The van der Waals surface area contributed by atoms with Crippen LogP contribution < -0.4 is 0 Å². The Kier molecular flexibility index (Phi) is 4.57. The molecule has 0 amide bonds. The number of hydrogen-bond acceptors (Lipinski definition) is 7. The Morgan fingerprint density at radius 3 is 2.59 bits per heavy atom. The average Bonchev–Trinajstić information content (AvgIpc) is 2.76. The van der Waals surface area contributed by atoms with Crippen LogP contribution in [0.15, 0.2) is 53.7 Å². The molecule has 1 N–H and O–H groups in total. The summed E-state index contributed by atoms with van der Waals surface area (Å²) in [5.74, 6) is -4.55. The van der Waals surface area contributed by atoms with E-state index in [9.17, 15) is 19.5 Å². The summed E-state index contributed by atoms with van der Waals surface area (Å²) in [4.78, 5) is 34.7. The molecule has 0 radical (unpaired) electrons. The highest BCUT2D eigenvalue weighted by Gasteiger charge is 2.34. The fourth-order valence-corrected chi connectivity index (χ4v) is 1.61. The largest absolute Gasteiger partial charge is 0.501 e. The summed E-state index contributed by atoms with van der Waals surface area (Å²) in [6.45, 7) is 1.72. The highest BCUT2D eigenvalue weighted by Crippen LogP contribution is 2.25. The van der Waals surface area contributed by atoms with Gasteiger partial charge in [-0.1, -0.05) is 18.2 Å². The molecule has 2 rings (SSSR count). The van der Waals surface area contributed by atoms with Crippen molar-refractivity contribution in [2.75, 3.05) is 6.61 Å². The Morgan fingerprint density at radius 1 is 1.27 bits per heavy atom. The van der Waals surface area contributed by atoms with E-state index in [4.69, 9.17) is 4.74 Å². The topological polar surface area (TPSA) is 99.1 Å². The van der Waals surface area contributed by atoms with Gasteiger partial charge in [0.25, 0.3) is 5.76 Å².